The molecule has 4 nitrogen and oxygen atoms in total. The monoisotopic (exact) mass is 276 g/mol. The first-order valence-electron chi connectivity index (χ1n) is 7.60. The summed E-state index contributed by atoms with van der Waals surface area (Å²) in [5.41, 5.74) is 1.42. The highest BCUT2D eigenvalue weighted by atomic mass is 16.6. The molecular weight excluding hydrogens is 252 g/mol. The Hall–Kier alpha value is -1.42. The van der Waals surface area contributed by atoms with Gasteiger partial charge >= 0.3 is 0 Å². The van der Waals surface area contributed by atoms with E-state index in [-0.39, 0.29) is 5.54 Å². The molecule has 1 aromatic carbocycles. The third-order valence-corrected chi connectivity index (χ3v) is 4.37. The Morgan fingerprint density at radius 2 is 2.05 bits per heavy atom. The molecule has 0 saturated carbocycles. The van der Waals surface area contributed by atoms with Gasteiger partial charge in [-0.3, -0.25) is 0 Å². The second-order valence-corrected chi connectivity index (χ2v) is 5.94. The van der Waals surface area contributed by atoms with E-state index in [0.717, 1.165) is 37.6 Å². The third kappa shape index (κ3) is 2.70. The first kappa shape index (κ1) is 13.6. The van der Waals surface area contributed by atoms with Crippen LogP contribution in [0.1, 0.15) is 26.7 Å². The number of fused-ring (bicyclic) bond motifs is 1. The number of benzene rings is 1. The van der Waals surface area contributed by atoms with E-state index >= 15 is 0 Å². The molecule has 0 aliphatic carbocycles. The van der Waals surface area contributed by atoms with Crippen molar-refractivity contribution in [3.8, 4) is 11.5 Å². The largest absolute Gasteiger partial charge is 0.486 e. The summed E-state index contributed by atoms with van der Waals surface area (Å²) in [5.74, 6) is 1.75. The summed E-state index contributed by atoms with van der Waals surface area (Å²) < 4.78 is 11.3. The molecule has 1 saturated heterocycles. The summed E-state index contributed by atoms with van der Waals surface area (Å²) >= 11 is 0. The second kappa shape index (κ2) is 5.52. The SMILES string of the molecule is CCC1(C)CN(c2ccc3c(c2)OCCO3)CCCN1. The van der Waals surface area contributed by atoms with Gasteiger partial charge in [0.15, 0.2) is 11.5 Å². The average Bonchev–Trinajstić information content (AvgIpc) is 2.69. The Morgan fingerprint density at radius 3 is 2.85 bits per heavy atom. The van der Waals surface area contributed by atoms with E-state index in [1.54, 1.807) is 0 Å². The Balaban J connectivity index is 1.83. The highest BCUT2D eigenvalue weighted by molar-refractivity contribution is 5.57. The van der Waals surface area contributed by atoms with Crippen molar-refractivity contribution in [3.05, 3.63) is 18.2 Å². The molecule has 1 fully saturated rings. The predicted octanol–water partition coefficient (Wildman–Crippen LogP) is 2.43. The maximum absolute atomic E-state index is 5.70. The van der Waals surface area contributed by atoms with Crippen molar-refractivity contribution in [3.63, 3.8) is 0 Å². The lowest BCUT2D eigenvalue weighted by Gasteiger charge is -2.34. The van der Waals surface area contributed by atoms with Crippen molar-refractivity contribution in [2.75, 3.05) is 37.7 Å². The zero-order valence-electron chi connectivity index (χ0n) is 12.4. The Bertz CT molecular complexity index is 478. The smallest absolute Gasteiger partial charge is 0.163 e. The second-order valence-electron chi connectivity index (χ2n) is 5.94. The van der Waals surface area contributed by atoms with Crippen LogP contribution in [0.25, 0.3) is 0 Å². The molecule has 20 heavy (non-hydrogen) atoms. The standard InChI is InChI=1S/C16H24N2O2/c1-3-16(2)12-18(8-4-7-17-16)13-5-6-14-15(11-13)20-10-9-19-14/h5-6,11,17H,3-4,7-10,12H2,1-2H3. The van der Waals surface area contributed by atoms with Gasteiger partial charge in [-0.15, -0.1) is 0 Å². The van der Waals surface area contributed by atoms with E-state index in [9.17, 15) is 0 Å². The minimum Gasteiger partial charge on any atom is -0.486 e. The van der Waals surface area contributed by atoms with E-state index in [1.807, 2.05) is 6.07 Å². The molecule has 1 aromatic rings. The van der Waals surface area contributed by atoms with Crippen LogP contribution in [0.15, 0.2) is 18.2 Å². The number of ether oxygens (including phenoxy) is 2. The van der Waals surface area contributed by atoms with Crippen molar-refractivity contribution >= 4 is 5.69 Å². The van der Waals surface area contributed by atoms with Gasteiger partial charge in [0, 0.05) is 30.4 Å². The first-order valence-corrected chi connectivity index (χ1v) is 7.60. The number of hydrogen-bond acceptors (Lipinski definition) is 4. The number of hydrogen-bond donors (Lipinski definition) is 1. The van der Waals surface area contributed by atoms with Gasteiger partial charge in [0.05, 0.1) is 0 Å². The fourth-order valence-electron chi connectivity index (χ4n) is 2.90. The fourth-order valence-corrected chi connectivity index (χ4v) is 2.90. The quantitative estimate of drug-likeness (QED) is 0.899. The van der Waals surface area contributed by atoms with Crippen LogP contribution in [-0.2, 0) is 0 Å². The Kier molecular flexibility index (Phi) is 3.74. The Morgan fingerprint density at radius 1 is 1.25 bits per heavy atom. The summed E-state index contributed by atoms with van der Waals surface area (Å²) in [6, 6.07) is 6.30. The van der Waals surface area contributed by atoms with E-state index < -0.39 is 0 Å². The Labute approximate surface area is 121 Å². The van der Waals surface area contributed by atoms with Crippen molar-refractivity contribution in [2.24, 2.45) is 0 Å². The minimum atomic E-state index is 0.184. The molecule has 0 spiro atoms. The molecule has 1 atom stereocenters. The summed E-state index contributed by atoms with van der Waals surface area (Å²) in [7, 11) is 0. The summed E-state index contributed by atoms with van der Waals surface area (Å²) in [5, 5.41) is 3.67. The topological polar surface area (TPSA) is 33.7 Å². The van der Waals surface area contributed by atoms with Gasteiger partial charge in [0.25, 0.3) is 0 Å². The lowest BCUT2D eigenvalue weighted by Crippen LogP contribution is -2.48. The molecule has 0 bridgehead atoms. The molecule has 0 radical (unpaired) electrons. The van der Waals surface area contributed by atoms with Crippen LogP contribution < -0.4 is 19.7 Å². The molecular formula is C16H24N2O2. The van der Waals surface area contributed by atoms with Crippen molar-refractivity contribution in [2.45, 2.75) is 32.2 Å². The van der Waals surface area contributed by atoms with Crippen molar-refractivity contribution in [1.29, 1.82) is 0 Å². The molecule has 2 aliphatic rings. The molecule has 4 heteroatoms. The fraction of sp³-hybridized carbons (Fsp3) is 0.625. The minimum absolute atomic E-state index is 0.184. The van der Waals surface area contributed by atoms with E-state index in [0.29, 0.717) is 13.2 Å². The number of nitrogens with zero attached hydrogens (tertiary/aromatic N) is 1. The highest BCUT2D eigenvalue weighted by Crippen LogP contribution is 2.34. The lowest BCUT2D eigenvalue weighted by atomic mass is 9.98. The summed E-state index contributed by atoms with van der Waals surface area (Å²) in [6.07, 6.45) is 2.30. The number of rotatable bonds is 2. The van der Waals surface area contributed by atoms with Gasteiger partial charge in [0.2, 0.25) is 0 Å². The third-order valence-electron chi connectivity index (χ3n) is 4.37. The summed E-state index contributed by atoms with van der Waals surface area (Å²) in [6.45, 7) is 9.05. The van der Waals surface area contributed by atoms with Crippen LogP contribution in [0.5, 0.6) is 11.5 Å². The van der Waals surface area contributed by atoms with Crippen LogP contribution in [0.3, 0.4) is 0 Å². The van der Waals surface area contributed by atoms with Gasteiger partial charge in [-0.1, -0.05) is 6.92 Å². The van der Waals surface area contributed by atoms with Crippen LogP contribution >= 0.6 is 0 Å². The van der Waals surface area contributed by atoms with Crippen LogP contribution in [-0.4, -0.2) is 38.4 Å². The van der Waals surface area contributed by atoms with Crippen molar-refractivity contribution in [1.82, 2.24) is 5.32 Å². The molecule has 2 aliphatic heterocycles. The van der Waals surface area contributed by atoms with Gasteiger partial charge < -0.3 is 19.7 Å². The molecule has 2 heterocycles. The zero-order chi connectivity index (χ0) is 14.0. The van der Waals surface area contributed by atoms with E-state index in [2.05, 4.69) is 36.2 Å². The van der Waals surface area contributed by atoms with Crippen LogP contribution in [0, 0.1) is 0 Å². The van der Waals surface area contributed by atoms with Gasteiger partial charge in [-0.05, 0) is 38.4 Å². The predicted molar refractivity (Wildman–Crippen MR) is 81.0 cm³/mol. The molecule has 1 N–H and O–H groups in total. The number of anilines is 1. The molecule has 0 amide bonds. The number of nitrogens with one attached hydrogen (secondary N) is 1. The first-order chi connectivity index (χ1) is 9.70. The maximum atomic E-state index is 5.70. The molecule has 1 unspecified atom stereocenters. The van der Waals surface area contributed by atoms with Crippen LogP contribution in [0.2, 0.25) is 0 Å². The van der Waals surface area contributed by atoms with Gasteiger partial charge in [0.1, 0.15) is 13.2 Å². The molecule has 110 valence electrons. The van der Waals surface area contributed by atoms with Crippen molar-refractivity contribution < 1.29 is 9.47 Å². The van der Waals surface area contributed by atoms with Gasteiger partial charge in [-0.25, -0.2) is 0 Å². The molecule has 3 rings (SSSR count). The normalized spacial score (nSPS) is 26.2. The van der Waals surface area contributed by atoms with Crippen LogP contribution in [0.4, 0.5) is 5.69 Å². The molecule has 0 aromatic heterocycles. The summed E-state index contributed by atoms with van der Waals surface area (Å²) in [4.78, 5) is 2.46. The van der Waals surface area contributed by atoms with E-state index in [4.69, 9.17) is 9.47 Å². The average molecular weight is 276 g/mol. The lowest BCUT2D eigenvalue weighted by molar-refractivity contribution is 0.171. The highest BCUT2D eigenvalue weighted by Gasteiger charge is 2.27. The van der Waals surface area contributed by atoms with Gasteiger partial charge in [-0.2, -0.15) is 0 Å². The van der Waals surface area contributed by atoms with E-state index in [1.165, 1.54) is 12.1 Å². The maximum Gasteiger partial charge on any atom is 0.163 e. The zero-order valence-corrected chi connectivity index (χ0v) is 12.4.